The summed E-state index contributed by atoms with van der Waals surface area (Å²) < 4.78 is 10.2. The first-order valence-electron chi connectivity index (χ1n) is 10.1. The van der Waals surface area contributed by atoms with Gasteiger partial charge in [0, 0.05) is 62.2 Å². The maximum Gasteiger partial charge on any atom is 0.0895 e. The van der Waals surface area contributed by atoms with Gasteiger partial charge in [-0.25, -0.2) is 0 Å². The molecule has 2 atom stereocenters. The molecule has 0 amide bonds. The predicted molar refractivity (Wildman–Crippen MR) is 101 cm³/mol. The molecule has 0 unspecified atom stereocenters. The van der Waals surface area contributed by atoms with Crippen molar-refractivity contribution < 1.29 is 4.74 Å². The van der Waals surface area contributed by atoms with Gasteiger partial charge in [-0.3, -0.25) is 9.36 Å². The van der Waals surface area contributed by atoms with Gasteiger partial charge in [-0.15, -0.1) is 0 Å². The van der Waals surface area contributed by atoms with Crippen molar-refractivity contribution in [3.63, 3.8) is 0 Å². The Labute approximate surface area is 156 Å². The van der Waals surface area contributed by atoms with Crippen LogP contribution < -0.4 is 0 Å². The molecule has 2 saturated heterocycles. The lowest BCUT2D eigenvalue weighted by atomic mass is 9.88. The molecule has 0 saturated carbocycles. The number of rotatable bonds is 5. The van der Waals surface area contributed by atoms with E-state index >= 15 is 0 Å². The molecule has 0 bridgehead atoms. The van der Waals surface area contributed by atoms with Crippen molar-refractivity contribution in [2.24, 2.45) is 13.0 Å². The second-order valence-electron chi connectivity index (χ2n) is 7.78. The second kappa shape index (κ2) is 7.92. The van der Waals surface area contributed by atoms with Crippen LogP contribution in [0.15, 0.2) is 24.7 Å². The molecule has 26 heavy (non-hydrogen) atoms. The average Bonchev–Trinajstić information content (AvgIpc) is 3.32. The summed E-state index contributed by atoms with van der Waals surface area (Å²) in [4.78, 5) is 2.64. The third-order valence-electron chi connectivity index (χ3n) is 6.11. The van der Waals surface area contributed by atoms with Gasteiger partial charge in [0.2, 0.25) is 0 Å². The highest BCUT2D eigenvalue weighted by Crippen LogP contribution is 2.35. The largest absolute Gasteiger partial charge is 0.373 e. The normalized spacial score (nSPS) is 25.6. The lowest BCUT2D eigenvalue weighted by Crippen LogP contribution is -2.39. The van der Waals surface area contributed by atoms with Gasteiger partial charge in [-0.05, 0) is 51.8 Å². The van der Waals surface area contributed by atoms with Crippen LogP contribution in [0.5, 0.6) is 0 Å². The van der Waals surface area contributed by atoms with E-state index in [4.69, 9.17) is 4.74 Å². The van der Waals surface area contributed by atoms with Crippen molar-refractivity contribution in [3.8, 4) is 0 Å². The molecule has 2 aromatic rings. The minimum Gasteiger partial charge on any atom is -0.373 e. The third-order valence-corrected chi connectivity index (χ3v) is 6.11. The quantitative estimate of drug-likeness (QED) is 0.825. The Kier molecular flexibility index (Phi) is 5.41. The maximum absolute atomic E-state index is 6.18. The first kappa shape index (κ1) is 17.7. The molecular weight excluding hydrogens is 326 g/mol. The van der Waals surface area contributed by atoms with Crippen LogP contribution in [0.4, 0.5) is 0 Å². The second-order valence-corrected chi connectivity index (χ2v) is 7.78. The van der Waals surface area contributed by atoms with Gasteiger partial charge < -0.3 is 9.64 Å². The van der Waals surface area contributed by atoms with E-state index in [1.165, 1.54) is 50.0 Å². The summed E-state index contributed by atoms with van der Waals surface area (Å²) in [6.07, 6.45) is 11.2. The molecule has 2 fully saturated rings. The molecule has 142 valence electrons. The molecule has 2 aliphatic rings. The number of aromatic nitrogens is 4. The first-order valence-corrected chi connectivity index (χ1v) is 10.1. The molecule has 2 aliphatic heterocycles. The maximum atomic E-state index is 6.18. The Morgan fingerprint density at radius 1 is 1.19 bits per heavy atom. The third kappa shape index (κ3) is 3.71. The Balaban J connectivity index is 1.36. The van der Waals surface area contributed by atoms with E-state index in [0.29, 0.717) is 11.8 Å². The summed E-state index contributed by atoms with van der Waals surface area (Å²) in [5, 5.41) is 8.79. The molecule has 2 aromatic heterocycles. The SMILES string of the molecule is CCn1cc([C@@H]2OCCC[C@H]2CN2CCC(c3ccnn3C)CC2)cn1. The zero-order chi connectivity index (χ0) is 17.9. The minimum atomic E-state index is 0.207. The lowest BCUT2D eigenvalue weighted by molar-refractivity contribution is -0.0409. The van der Waals surface area contributed by atoms with Crippen LogP contribution in [-0.4, -0.2) is 50.7 Å². The van der Waals surface area contributed by atoms with Gasteiger partial charge in [0.05, 0.1) is 12.3 Å². The number of nitrogens with zero attached hydrogens (tertiary/aromatic N) is 5. The predicted octanol–water partition coefficient (Wildman–Crippen LogP) is 2.98. The number of ether oxygens (including phenoxy) is 1. The van der Waals surface area contributed by atoms with Crippen molar-refractivity contribution in [2.45, 2.75) is 51.2 Å². The van der Waals surface area contributed by atoms with E-state index in [1.807, 2.05) is 21.8 Å². The number of piperidine rings is 1. The zero-order valence-corrected chi connectivity index (χ0v) is 16.0. The summed E-state index contributed by atoms with van der Waals surface area (Å²) >= 11 is 0. The van der Waals surface area contributed by atoms with Crippen LogP contribution in [0.1, 0.15) is 55.9 Å². The van der Waals surface area contributed by atoms with Gasteiger partial charge in [-0.2, -0.15) is 10.2 Å². The Bertz CT molecular complexity index is 701. The van der Waals surface area contributed by atoms with Crippen molar-refractivity contribution >= 4 is 0 Å². The summed E-state index contributed by atoms with van der Waals surface area (Å²) in [5.74, 6) is 1.23. The van der Waals surface area contributed by atoms with Crippen molar-refractivity contribution in [3.05, 3.63) is 35.9 Å². The van der Waals surface area contributed by atoms with E-state index < -0.39 is 0 Å². The average molecular weight is 358 g/mol. The van der Waals surface area contributed by atoms with Crippen molar-refractivity contribution in [1.82, 2.24) is 24.5 Å². The number of hydrogen-bond donors (Lipinski definition) is 0. The number of likely N-dealkylation sites (tertiary alicyclic amines) is 1. The Morgan fingerprint density at radius 2 is 2.04 bits per heavy atom. The van der Waals surface area contributed by atoms with Crippen molar-refractivity contribution in [2.75, 3.05) is 26.2 Å². The van der Waals surface area contributed by atoms with Gasteiger partial charge in [0.1, 0.15) is 0 Å². The van der Waals surface area contributed by atoms with Gasteiger partial charge in [0.25, 0.3) is 0 Å². The highest BCUT2D eigenvalue weighted by molar-refractivity contribution is 5.11. The van der Waals surface area contributed by atoms with Gasteiger partial charge >= 0.3 is 0 Å². The van der Waals surface area contributed by atoms with Crippen LogP contribution in [0, 0.1) is 5.92 Å². The number of aryl methyl sites for hydroxylation is 2. The molecule has 6 heteroatoms. The molecular formula is C20H31N5O. The van der Waals surface area contributed by atoms with E-state index in [9.17, 15) is 0 Å². The topological polar surface area (TPSA) is 48.1 Å². The summed E-state index contributed by atoms with van der Waals surface area (Å²) in [5.41, 5.74) is 2.64. The molecule has 0 N–H and O–H groups in total. The summed E-state index contributed by atoms with van der Waals surface area (Å²) in [6, 6.07) is 2.18. The molecule has 6 nitrogen and oxygen atoms in total. The fourth-order valence-electron chi connectivity index (χ4n) is 4.63. The van der Waals surface area contributed by atoms with Gasteiger partial charge in [0.15, 0.2) is 0 Å². The van der Waals surface area contributed by atoms with E-state index in [-0.39, 0.29) is 6.10 Å². The monoisotopic (exact) mass is 357 g/mol. The fourth-order valence-corrected chi connectivity index (χ4v) is 4.63. The van der Waals surface area contributed by atoms with Crippen LogP contribution in [0.25, 0.3) is 0 Å². The fraction of sp³-hybridized carbons (Fsp3) is 0.700. The summed E-state index contributed by atoms with van der Waals surface area (Å²) in [6.45, 7) is 7.41. The molecule has 0 aliphatic carbocycles. The molecule has 0 spiro atoms. The zero-order valence-electron chi connectivity index (χ0n) is 16.0. The van der Waals surface area contributed by atoms with Crippen LogP contribution in [0.3, 0.4) is 0 Å². The molecule has 4 rings (SSSR count). The smallest absolute Gasteiger partial charge is 0.0895 e. The highest BCUT2D eigenvalue weighted by Gasteiger charge is 2.31. The van der Waals surface area contributed by atoms with Crippen LogP contribution in [0.2, 0.25) is 0 Å². The molecule has 0 aromatic carbocycles. The van der Waals surface area contributed by atoms with Gasteiger partial charge in [-0.1, -0.05) is 0 Å². The van der Waals surface area contributed by atoms with Crippen LogP contribution >= 0.6 is 0 Å². The Morgan fingerprint density at radius 3 is 2.73 bits per heavy atom. The van der Waals surface area contributed by atoms with Crippen molar-refractivity contribution in [1.29, 1.82) is 0 Å². The Hall–Kier alpha value is -1.66. The highest BCUT2D eigenvalue weighted by atomic mass is 16.5. The number of hydrogen-bond acceptors (Lipinski definition) is 4. The summed E-state index contributed by atoms with van der Waals surface area (Å²) in [7, 11) is 2.06. The van der Waals surface area contributed by atoms with E-state index in [2.05, 4.69) is 41.3 Å². The van der Waals surface area contributed by atoms with E-state index in [1.54, 1.807) is 0 Å². The first-order chi connectivity index (χ1) is 12.7. The standard InChI is InChI=1S/C20H31N5O/c1-3-25-15-18(13-22-25)20-17(5-4-12-26-20)14-24-10-7-16(8-11-24)19-6-9-21-23(19)2/h6,9,13,15-17,20H,3-5,7-8,10-12,14H2,1-2H3/t17-,20+/m0/s1. The lowest BCUT2D eigenvalue weighted by Gasteiger charge is -2.38. The van der Waals surface area contributed by atoms with Crippen LogP contribution in [-0.2, 0) is 18.3 Å². The minimum absolute atomic E-state index is 0.207. The molecule has 4 heterocycles. The molecule has 0 radical (unpaired) electrons. The van der Waals surface area contributed by atoms with E-state index in [0.717, 1.165) is 19.7 Å².